The summed E-state index contributed by atoms with van der Waals surface area (Å²) in [4.78, 5) is 0. The lowest BCUT2D eigenvalue weighted by atomic mass is 10.8. The number of hydrogen-bond acceptors (Lipinski definition) is 4. The van der Waals surface area contributed by atoms with Crippen molar-refractivity contribution >= 4 is 21.6 Å². The van der Waals surface area contributed by atoms with Gasteiger partial charge in [0.05, 0.1) is 0 Å². The second kappa shape index (κ2) is 16.7. The monoisotopic (exact) mass is 222 g/mol. The minimum Gasteiger partial charge on any atom is -1.00 e. The van der Waals surface area contributed by atoms with Gasteiger partial charge in [0.1, 0.15) is 0 Å². The van der Waals surface area contributed by atoms with Crippen molar-refractivity contribution in [1.82, 2.24) is 0 Å². The fourth-order valence-corrected chi connectivity index (χ4v) is 1.93. The molecular formula is C4H12Cl2N2S2-2. The van der Waals surface area contributed by atoms with E-state index in [2.05, 4.69) is 0 Å². The summed E-state index contributed by atoms with van der Waals surface area (Å²) < 4.78 is 0. The van der Waals surface area contributed by atoms with Gasteiger partial charge in [-0.25, -0.2) is 0 Å². The van der Waals surface area contributed by atoms with Crippen LogP contribution in [0.15, 0.2) is 0 Å². The Balaban J connectivity index is -0.000000245. The van der Waals surface area contributed by atoms with Gasteiger partial charge in [-0.2, -0.15) is 0 Å². The third-order valence-electron chi connectivity index (χ3n) is 0.486. The Morgan fingerprint density at radius 2 is 1.10 bits per heavy atom. The van der Waals surface area contributed by atoms with Gasteiger partial charge in [0.25, 0.3) is 0 Å². The van der Waals surface area contributed by atoms with E-state index in [1.807, 2.05) is 0 Å². The minimum atomic E-state index is 0. The summed E-state index contributed by atoms with van der Waals surface area (Å²) >= 11 is 0. The fraction of sp³-hybridized carbons (Fsp3) is 1.00. The van der Waals surface area contributed by atoms with Gasteiger partial charge in [0.2, 0.25) is 0 Å². The molecule has 2 nitrogen and oxygen atoms in total. The van der Waals surface area contributed by atoms with Gasteiger partial charge >= 0.3 is 0 Å². The second-order valence-electron chi connectivity index (χ2n) is 1.22. The molecule has 0 rings (SSSR count). The van der Waals surface area contributed by atoms with Crippen LogP contribution in [0, 0.1) is 0 Å². The number of halogens is 2. The Morgan fingerprint density at radius 1 is 0.800 bits per heavy atom. The van der Waals surface area contributed by atoms with Crippen molar-refractivity contribution in [3.63, 3.8) is 0 Å². The molecule has 0 aliphatic carbocycles. The molecule has 4 N–H and O–H groups in total. The number of nitrogens with two attached hydrogens (primary N) is 2. The summed E-state index contributed by atoms with van der Waals surface area (Å²) in [5, 5.41) is 0. The number of rotatable bonds is 5. The van der Waals surface area contributed by atoms with Gasteiger partial charge in [-0.3, -0.25) is 0 Å². The third-order valence-corrected chi connectivity index (χ3v) is 2.96. The third kappa shape index (κ3) is 16.1. The predicted molar refractivity (Wildman–Crippen MR) is 43.0 cm³/mol. The van der Waals surface area contributed by atoms with Crippen LogP contribution in [0.2, 0.25) is 0 Å². The highest BCUT2D eigenvalue weighted by molar-refractivity contribution is 8.76. The molecule has 6 heteroatoms. The molecule has 0 aromatic carbocycles. The minimum absolute atomic E-state index is 0. The van der Waals surface area contributed by atoms with Gasteiger partial charge in [0.15, 0.2) is 0 Å². The molecule has 0 amide bonds. The van der Waals surface area contributed by atoms with E-state index < -0.39 is 0 Å². The molecule has 0 spiro atoms. The Kier molecular flexibility index (Phi) is 28.9. The molecule has 0 aliphatic rings. The van der Waals surface area contributed by atoms with E-state index in [1.54, 1.807) is 21.6 Å². The Morgan fingerprint density at radius 3 is 1.30 bits per heavy atom. The zero-order valence-corrected chi connectivity index (χ0v) is 8.70. The first-order valence-electron chi connectivity index (χ1n) is 2.56. The molecule has 0 fully saturated rings. The van der Waals surface area contributed by atoms with Gasteiger partial charge in [-0.15, -0.1) is 0 Å². The first-order valence-corrected chi connectivity index (χ1v) is 5.05. The van der Waals surface area contributed by atoms with Crippen molar-refractivity contribution in [2.45, 2.75) is 0 Å². The standard InChI is InChI=1S/C4H12N2S2.2ClH/c5-1-3-7-8-4-2-6;;/h1-6H2;2*1H/p-2. The average Bonchev–Trinajstić information content (AvgIpc) is 1.81. The molecule has 0 aromatic rings. The van der Waals surface area contributed by atoms with Crippen LogP contribution in [0.5, 0.6) is 0 Å². The molecule has 10 heavy (non-hydrogen) atoms. The molecular weight excluding hydrogens is 211 g/mol. The van der Waals surface area contributed by atoms with E-state index in [1.165, 1.54) is 0 Å². The molecule has 0 bridgehead atoms. The maximum Gasteiger partial charge on any atom is 0.0160 e. The van der Waals surface area contributed by atoms with Crippen molar-refractivity contribution in [3.8, 4) is 0 Å². The Labute approximate surface area is 82.5 Å². The molecule has 0 atom stereocenters. The van der Waals surface area contributed by atoms with Crippen LogP contribution in [-0.4, -0.2) is 24.6 Å². The van der Waals surface area contributed by atoms with Crippen LogP contribution in [0.3, 0.4) is 0 Å². The summed E-state index contributed by atoms with van der Waals surface area (Å²) in [6.07, 6.45) is 0. The normalized spacial score (nSPS) is 7.80. The first-order chi connectivity index (χ1) is 3.91. The quantitative estimate of drug-likeness (QED) is 0.360. The molecule has 0 aromatic heterocycles. The van der Waals surface area contributed by atoms with Crippen molar-refractivity contribution < 1.29 is 24.8 Å². The fourth-order valence-electron chi connectivity index (χ4n) is 0.214. The van der Waals surface area contributed by atoms with Crippen LogP contribution >= 0.6 is 21.6 Å². The lowest BCUT2D eigenvalue weighted by molar-refractivity contribution is -0.00100. The smallest absolute Gasteiger partial charge is 0.0160 e. The maximum atomic E-state index is 5.25. The average molecular weight is 223 g/mol. The zero-order valence-electron chi connectivity index (χ0n) is 5.56. The Hall–Kier alpha value is 1.20. The summed E-state index contributed by atoms with van der Waals surface area (Å²) in [7, 11) is 3.58. The SMILES string of the molecule is NCCSSCCN.[Cl-].[Cl-]. The van der Waals surface area contributed by atoms with Gasteiger partial charge < -0.3 is 36.3 Å². The van der Waals surface area contributed by atoms with Crippen molar-refractivity contribution in [3.05, 3.63) is 0 Å². The lowest BCUT2D eigenvalue weighted by Gasteiger charge is -1.93. The molecule has 66 valence electrons. The van der Waals surface area contributed by atoms with E-state index in [0.717, 1.165) is 24.6 Å². The molecule has 0 aliphatic heterocycles. The molecule has 0 saturated heterocycles. The van der Waals surface area contributed by atoms with Gasteiger partial charge in [-0.05, 0) is 0 Å². The van der Waals surface area contributed by atoms with Gasteiger partial charge in [-0.1, -0.05) is 21.6 Å². The van der Waals surface area contributed by atoms with E-state index >= 15 is 0 Å². The van der Waals surface area contributed by atoms with E-state index in [0.29, 0.717) is 0 Å². The summed E-state index contributed by atoms with van der Waals surface area (Å²) in [5.74, 6) is 2.06. The van der Waals surface area contributed by atoms with E-state index in [9.17, 15) is 0 Å². The van der Waals surface area contributed by atoms with E-state index in [-0.39, 0.29) is 24.8 Å². The van der Waals surface area contributed by atoms with Crippen LogP contribution in [0.4, 0.5) is 0 Å². The largest absolute Gasteiger partial charge is 1.00 e. The highest BCUT2D eigenvalue weighted by Crippen LogP contribution is 2.18. The molecule has 0 unspecified atom stereocenters. The summed E-state index contributed by atoms with van der Waals surface area (Å²) in [5.41, 5.74) is 10.5. The van der Waals surface area contributed by atoms with Crippen LogP contribution in [0.25, 0.3) is 0 Å². The van der Waals surface area contributed by atoms with Crippen molar-refractivity contribution in [2.24, 2.45) is 11.5 Å². The summed E-state index contributed by atoms with van der Waals surface area (Å²) in [6, 6.07) is 0. The summed E-state index contributed by atoms with van der Waals surface area (Å²) in [6.45, 7) is 1.53. The first kappa shape index (κ1) is 17.3. The van der Waals surface area contributed by atoms with Crippen molar-refractivity contribution in [1.29, 1.82) is 0 Å². The molecule has 0 radical (unpaired) electrons. The molecule has 0 saturated carbocycles. The Bertz CT molecular complexity index is 44.2. The van der Waals surface area contributed by atoms with Gasteiger partial charge in [0, 0.05) is 24.6 Å². The van der Waals surface area contributed by atoms with E-state index in [4.69, 9.17) is 11.5 Å². The highest BCUT2D eigenvalue weighted by Gasteiger charge is 1.84. The van der Waals surface area contributed by atoms with Crippen LogP contribution < -0.4 is 36.3 Å². The number of hydrogen-bond donors (Lipinski definition) is 2. The predicted octanol–water partition coefficient (Wildman–Crippen LogP) is -5.71. The van der Waals surface area contributed by atoms with Crippen LogP contribution in [-0.2, 0) is 0 Å². The van der Waals surface area contributed by atoms with Crippen LogP contribution in [0.1, 0.15) is 0 Å². The lowest BCUT2D eigenvalue weighted by Crippen LogP contribution is -3.00. The highest BCUT2D eigenvalue weighted by atomic mass is 35.5. The maximum absolute atomic E-state index is 5.25. The zero-order chi connectivity index (χ0) is 6.24. The second-order valence-corrected chi connectivity index (χ2v) is 3.92. The van der Waals surface area contributed by atoms with Crippen molar-refractivity contribution in [2.75, 3.05) is 24.6 Å². The topological polar surface area (TPSA) is 52.0 Å². The molecule has 0 heterocycles.